The van der Waals surface area contributed by atoms with E-state index in [2.05, 4.69) is 5.32 Å². The summed E-state index contributed by atoms with van der Waals surface area (Å²) in [7, 11) is -4.58. The van der Waals surface area contributed by atoms with Gasteiger partial charge in [-0.05, 0) is 67.8 Å². The zero-order chi connectivity index (χ0) is 31.4. The van der Waals surface area contributed by atoms with Crippen LogP contribution >= 0.6 is 11.6 Å². The van der Waals surface area contributed by atoms with Crippen molar-refractivity contribution in [2.24, 2.45) is 0 Å². The van der Waals surface area contributed by atoms with Gasteiger partial charge in [0.2, 0.25) is 11.8 Å². The zero-order valence-corrected chi connectivity index (χ0v) is 24.7. The molecule has 0 spiro atoms. The van der Waals surface area contributed by atoms with E-state index >= 15 is 0 Å². The van der Waals surface area contributed by atoms with Crippen molar-refractivity contribution in [3.05, 3.63) is 94.8 Å². The van der Waals surface area contributed by atoms with E-state index in [0.717, 1.165) is 42.7 Å². The van der Waals surface area contributed by atoms with Crippen LogP contribution in [0.25, 0.3) is 0 Å². The molecular weight excluding hydrogens is 610 g/mol. The van der Waals surface area contributed by atoms with Gasteiger partial charge in [-0.1, -0.05) is 54.8 Å². The highest BCUT2D eigenvalue weighted by atomic mass is 35.5. The molecule has 3 aromatic carbocycles. The van der Waals surface area contributed by atoms with Gasteiger partial charge in [0.05, 0.1) is 21.2 Å². The highest BCUT2D eigenvalue weighted by Gasteiger charge is 2.37. The normalized spacial score (nSPS) is 14.7. The van der Waals surface area contributed by atoms with Gasteiger partial charge in [0.25, 0.3) is 10.0 Å². The van der Waals surface area contributed by atoms with Crippen molar-refractivity contribution in [2.75, 3.05) is 10.8 Å². The SMILES string of the molecule is C[C@@H](C(=O)NC1CCCC1)N(Cc1ccc(F)cc1)C(=O)CN(c1ccc(Cl)c(C(F)(F)F)c1)S(=O)(=O)c1ccccc1. The predicted molar refractivity (Wildman–Crippen MR) is 154 cm³/mol. The van der Waals surface area contributed by atoms with Crippen LogP contribution in [0.2, 0.25) is 5.02 Å². The van der Waals surface area contributed by atoms with Crippen molar-refractivity contribution < 1.29 is 35.6 Å². The zero-order valence-electron chi connectivity index (χ0n) is 23.2. The third kappa shape index (κ3) is 7.85. The number of rotatable bonds is 10. The third-order valence-electron chi connectivity index (χ3n) is 7.29. The Balaban J connectivity index is 1.74. The quantitative estimate of drug-likeness (QED) is 0.269. The molecule has 13 heteroatoms. The van der Waals surface area contributed by atoms with Crippen LogP contribution in [0.1, 0.15) is 43.7 Å². The minimum atomic E-state index is -4.90. The molecule has 0 unspecified atom stereocenters. The summed E-state index contributed by atoms with van der Waals surface area (Å²) in [6, 6.07) is 13.5. The fourth-order valence-electron chi connectivity index (χ4n) is 4.90. The molecule has 0 heterocycles. The highest BCUT2D eigenvalue weighted by Crippen LogP contribution is 2.38. The molecule has 1 aliphatic rings. The summed E-state index contributed by atoms with van der Waals surface area (Å²) in [5.74, 6) is -1.84. The Morgan fingerprint density at radius 2 is 1.63 bits per heavy atom. The van der Waals surface area contributed by atoms with Gasteiger partial charge in [0.1, 0.15) is 18.4 Å². The van der Waals surface area contributed by atoms with Gasteiger partial charge < -0.3 is 10.2 Å². The van der Waals surface area contributed by atoms with Gasteiger partial charge in [0.15, 0.2) is 0 Å². The molecule has 1 saturated carbocycles. The molecule has 7 nitrogen and oxygen atoms in total. The van der Waals surface area contributed by atoms with E-state index in [0.29, 0.717) is 15.9 Å². The summed E-state index contributed by atoms with van der Waals surface area (Å²) in [5, 5.41) is 2.27. The monoisotopic (exact) mass is 639 g/mol. The molecule has 0 aliphatic heterocycles. The Labute approximate surface area is 252 Å². The molecule has 0 aromatic heterocycles. The fourth-order valence-corrected chi connectivity index (χ4v) is 6.55. The second-order valence-electron chi connectivity index (χ2n) is 10.3. The van der Waals surface area contributed by atoms with Crippen LogP contribution < -0.4 is 9.62 Å². The standard InChI is InChI=1S/C30H30ClF4N3O4S/c1-20(29(40)36-23-7-5-6-8-23)37(18-21-11-13-22(32)14-12-21)28(39)19-38(43(41,42)25-9-3-2-4-10-25)24-15-16-27(31)26(17-24)30(33,34)35/h2-4,9-17,20,23H,5-8,18-19H2,1H3,(H,36,40)/t20-/m0/s1. The summed E-state index contributed by atoms with van der Waals surface area (Å²) in [6.45, 7) is 0.357. The Morgan fingerprint density at radius 3 is 2.23 bits per heavy atom. The lowest BCUT2D eigenvalue weighted by molar-refractivity contribution is -0.139. The number of hydrogen-bond donors (Lipinski definition) is 1. The van der Waals surface area contributed by atoms with Crippen molar-refractivity contribution in [3.8, 4) is 0 Å². The third-order valence-corrected chi connectivity index (χ3v) is 9.41. The molecule has 0 radical (unpaired) electrons. The van der Waals surface area contributed by atoms with Crippen LogP contribution in [0.3, 0.4) is 0 Å². The van der Waals surface area contributed by atoms with Crippen LogP contribution in [0, 0.1) is 5.82 Å². The number of nitrogens with zero attached hydrogens (tertiary/aromatic N) is 2. The Bertz CT molecular complexity index is 1550. The topological polar surface area (TPSA) is 86.8 Å². The van der Waals surface area contributed by atoms with Gasteiger partial charge in [-0.15, -0.1) is 0 Å². The van der Waals surface area contributed by atoms with Crippen molar-refractivity contribution in [1.29, 1.82) is 0 Å². The average Bonchev–Trinajstić information content (AvgIpc) is 3.48. The van der Waals surface area contributed by atoms with E-state index in [-0.39, 0.29) is 17.5 Å². The minimum absolute atomic E-state index is 0.0671. The number of carbonyl (C=O) groups is 2. The summed E-state index contributed by atoms with van der Waals surface area (Å²) >= 11 is 5.79. The fraction of sp³-hybridized carbons (Fsp3) is 0.333. The maximum Gasteiger partial charge on any atom is 0.417 e. The number of carbonyl (C=O) groups excluding carboxylic acids is 2. The molecule has 1 aliphatic carbocycles. The van der Waals surface area contributed by atoms with Crippen molar-refractivity contribution in [1.82, 2.24) is 10.2 Å². The van der Waals surface area contributed by atoms with Gasteiger partial charge in [-0.3, -0.25) is 13.9 Å². The molecule has 3 aromatic rings. The van der Waals surface area contributed by atoms with E-state index in [9.17, 15) is 35.6 Å². The maximum atomic E-state index is 13.9. The lowest BCUT2D eigenvalue weighted by Crippen LogP contribution is -2.52. The largest absolute Gasteiger partial charge is 0.417 e. The summed E-state index contributed by atoms with van der Waals surface area (Å²) in [4.78, 5) is 28.0. The number of alkyl halides is 3. The number of hydrogen-bond acceptors (Lipinski definition) is 4. The molecule has 43 heavy (non-hydrogen) atoms. The van der Waals surface area contributed by atoms with Crippen LogP contribution in [0.5, 0.6) is 0 Å². The second kappa shape index (κ2) is 13.3. The number of amides is 2. The first-order valence-corrected chi connectivity index (χ1v) is 15.4. The average molecular weight is 640 g/mol. The van der Waals surface area contributed by atoms with E-state index < -0.39 is 62.7 Å². The Morgan fingerprint density at radius 1 is 1.00 bits per heavy atom. The van der Waals surface area contributed by atoms with Gasteiger partial charge >= 0.3 is 6.18 Å². The molecule has 0 saturated heterocycles. The number of benzene rings is 3. The van der Waals surface area contributed by atoms with E-state index in [1.165, 1.54) is 55.5 Å². The molecule has 1 atom stereocenters. The lowest BCUT2D eigenvalue weighted by Gasteiger charge is -2.32. The first-order valence-electron chi connectivity index (χ1n) is 13.6. The maximum absolute atomic E-state index is 13.9. The van der Waals surface area contributed by atoms with Crippen molar-refractivity contribution >= 4 is 39.1 Å². The van der Waals surface area contributed by atoms with Crippen LogP contribution in [0.4, 0.5) is 23.2 Å². The summed E-state index contributed by atoms with van der Waals surface area (Å²) in [6.07, 6.45) is -1.44. The second-order valence-corrected chi connectivity index (χ2v) is 12.6. The molecular formula is C30H30ClF4N3O4S. The molecule has 1 fully saturated rings. The Kier molecular flexibility index (Phi) is 10.0. The van der Waals surface area contributed by atoms with Crippen LogP contribution in [-0.4, -0.2) is 43.8 Å². The molecule has 230 valence electrons. The minimum Gasteiger partial charge on any atom is -0.352 e. The first kappa shape index (κ1) is 32.3. The molecule has 1 N–H and O–H groups in total. The van der Waals surface area contributed by atoms with Crippen molar-refractivity contribution in [3.63, 3.8) is 0 Å². The molecule has 2 amide bonds. The van der Waals surface area contributed by atoms with Gasteiger partial charge in [0, 0.05) is 12.6 Å². The van der Waals surface area contributed by atoms with E-state index in [1.54, 1.807) is 6.07 Å². The van der Waals surface area contributed by atoms with Crippen LogP contribution in [-0.2, 0) is 32.3 Å². The van der Waals surface area contributed by atoms with Crippen LogP contribution in [0.15, 0.2) is 77.7 Å². The van der Waals surface area contributed by atoms with E-state index in [4.69, 9.17) is 11.6 Å². The first-order chi connectivity index (χ1) is 20.3. The molecule has 4 rings (SSSR count). The number of sulfonamides is 1. The highest BCUT2D eigenvalue weighted by molar-refractivity contribution is 7.92. The van der Waals surface area contributed by atoms with Crippen molar-refractivity contribution in [2.45, 2.75) is 62.3 Å². The number of nitrogens with one attached hydrogen (secondary N) is 1. The smallest absolute Gasteiger partial charge is 0.352 e. The number of anilines is 1. The summed E-state index contributed by atoms with van der Waals surface area (Å²) in [5.41, 5.74) is -1.27. The van der Waals surface area contributed by atoms with E-state index in [1.807, 2.05) is 0 Å². The Hall–Kier alpha value is -3.64. The lowest BCUT2D eigenvalue weighted by atomic mass is 10.1. The number of halogens is 5. The summed E-state index contributed by atoms with van der Waals surface area (Å²) < 4.78 is 82.9. The molecule has 0 bridgehead atoms. The predicted octanol–water partition coefficient (Wildman–Crippen LogP) is 6.17. The van der Waals surface area contributed by atoms with Gasteiger partial charge in [-0.2, -0.15) is 13.2 Å². The van der Waals surface area contributed by atoms with Gasteiger partial charge in [-0.25, -0.2) is 12.8 Å².